The van der Waals surface area contributed by atoms with Gasteiger partial charge in [0.05, 0.1) is 17.6 Å². The summed E-state index contributed by atoms with van der Waals surface area (Å²) in [5, 5.41) is 31.0. The second-order valence-corrected chi connectivity index (χ2v) is 3.25. The highest BCUT2D eigenvalue weighted by atomic mass is 16.6. The predicted octanol–water partition coefficient (Wildman–Crippen LogP) is -0.0579. The van der Waals surface area contributed by atoms with Crippen molar-refractivity contribution in [1.82, 2.24) is 0 Å². The summed E-state index contributed by atoms with van der Waals surface area (Å²) in [6.07, 6.45) is -0.906. The minimum atomic E-state index is -0.906. The minimum Gasteiger partial charge on any atom is -0.394 e. The lowest BCUT2D eigenvalue weighted by molar-refractivity contribution is -0.383. The van der Waals surface area contributed by atoms with E-state index in [4.69, 9.17) is 15.9 Å². The molecule has 0 saturated carbocycles. The molecular weight excluding hydrogens is 214 g/mol. The van der Waals surface area contributed by atoms with Crippen LogP contribution in [-0.4, -0.2) is 34.4 Å². The molecule has 5 N–H and O–H groups in total. The zero-order valence-corrected chi connectivity index (χ0v) is 8.46. The van der Waals surface area contributed by atoms with Crippen LogP contribution in [-0.2, 0) is 0 Å². The number of nitro groups is 1. The maximum atomic E-state index is 10.6. The standard InChI is InChI=1S/C9H13N3O4/c10-8-2-1-6(3-9(8)12(15)16)11-4-7(14)5-13/h1-3,7,11,13-14H,4-5,10H2. The van der Waals surface area contributed by atoms with Gasteiger partial charge >= 0.3 is 0 Å². The van der Waals surface area contributed by atoms with Gasteiger partial charge in [-0.15, -0.1) is 0 Å². The number of nitrogens with zero attached hydrogens (tertiary/aromatic N) is 1. The van der Waals surface area contributed by atoms with Crippen molar-refractivity contribution in [3.05, 3.63) is 28.3 Å². The van der Waals surface area contributed by atoms with E-state index in [9.17, 15) is 10.1 Å². The predicted molar refractivity (Wildman–Crippen MR) is 59.1 cm³/mol. The summed E-state index contributed by atoms with van der Waals surface area (Å²) >= 11 is 0. The Kier molecular flexibility index (Phi) is 4.03. The van der Waals surface area contributed by atoms with Crippen molar-refractivity contribution in [3.8, 4) is 0 Å². The molecule has 0 bridgehead atoms. The topological polar surface area (TPSA) is 122 Å². The number of hydrogen-bond donors (Lipinski definition) is 4. The monoisotopic (exact) mass is 227 g/mol. The fraction of sp³-hybridized carbons (Fsp3) is 0.333. The van der Waals surface area contributed by atoms with E-state index in [1.165, 1.54) is 12.1 Å². The van der Waals surface area contributed by atoms with Crippen LogP contribution in [0.1, 0.15) is 0 Å². The summed E-state index contributed by atoms with van der Waals surface area (Å²) < 4.78 is 0. The van der Waals surface area contributed by atoms with Crippen LogP contribution in [0.2, 0.25) is 0 Å². The van der Waals surface area contributed by atoms with Crippen LogP contribution < -0.4 is 11.1 Å². The molecule has 0 saturated heterocycles. The van der Waals surface area contributed by atoms with E-state index >= 15 is 0 Å². The van der Waals surface area contributed by atoms with Gasteiger partial charge in [0.2, 0.25) is 0 Å². The lowest BCUT2D eigenvalue weighted by Crippen LogP contribution is -2.22. The summed E-state index contributed by atoms with van der Waals surface area (Å²) in [6.45, 7) is -0.262. The first-order chi connectivity index (χ1) is 7.54. The molecule has 0 aliphatic heterocycles. The SMILES string of the molecule is Nc1ccc(NCC(O)CO)cc1[N+](=O)[O-]. The fourth-order valence-electron chi connectivity index (χ4n) is 1.11. The second-order valence-electron chi connectivity index (χ2n) is 3.25. The number of aliphatic hydroxyl groups is 2. The molecular formula is C9H13N3O4. The average molecular weight is 227 g/mol. The van der Waals surface area contributed by atoms with Crippen molar-refractivity contribution in [2.75, 3.05) is 24.2 Å². The smallest absolute Gasteiger partial charge is 0.294 e. The number of aliphatic hydroxyl groups excluding tert-OH is 2. The van der Waals surface area contributed by atoms with E-state index in [-0.39, 0.29) is 24.5 Å². The zero-order valence-electron chi connectivity index (χ0n) is 8.46. The van der Waals surface area contributed by atoms with Crippen LogP contribution in [0, 0.1) is 10.1 Å². The molecule has 16 heavy (non-hydrogen) atoms. The van der Waals surface area contributed by atoms with Gasteiger partial charge in [-0.25, -0.2) is 0 Å². The second kappa shape index (κ2) is 5.29. The summed E-state index contributed by atoms with van der Waals surface area (Å²) in [5.41, 5.74) is 5.77. The largest absolute Gasteiger partial charge is 0.394 e. The lowest BCUT2D eigenvalue weighted by atomic mass is 10.2. The van der Waals surface area contributed by atoms with E-state index in [1.807, 2.05) is 0 Å². The number of nitrogens with one attached hydrogen (secondary N) is 1. The van der Waals surface area contributed by atoms with Crippen molar-refractivity contribution in [3.63, 3.8) is 0 Å². The van der Waals surface area contributed by atoms with Gasteiger partial charge in [-0.1, -0.05) is 0 Å². The number of anilines is 2. The molecule has 1 atom stereocenters. The van der Waals surface area contributed by atoms with E-state index < -0.39 is 11.0 Å². The van der Waals surface area contributed by atoms with E-state index in [2.05, 4.69) is 5.32 Å². The van der Waals surface area contributed by atoms with Crippen molar-refractivity contribution in [1.29, 1.82) is 0 Å². The van der Waals surface area contributed by atoms with Crippen molar-refractivity contribution < 1.29 is 15.1 Å². The van der Waals surface area contributed by atoms with Gasteiger partial charge in [-0.2, -0.15) is 0 Å². The van der Waals surface area contributed by atoms with Gasteiger partial charge in [0.1, 0.15) is 5.69 Å². The summed E-state index contributed by atoms with van der Waals surface area (Å²) in [7, 11) is 0. The maximum Gasteiger partial charge on any atom is 0.294 e. The highest BCUT2D eigenvalue weighted by Crippen LogP contribution is 2.24. The Labute approximate surface area is 91.7 Å². The normalized spacial score (nSPS) is 12.1. The first kappa shape index (κ1) is 12.2. The molecule has 7 heteroatoms. The van der Waals surface area contributed by atoms with Crippen molar-refractivity contribution >= 4 is 17.1 Å². The molecule has 1 rings (SSSR count). The Morgan fingerprint density at radius 1 is 1.56 bits per heavy atom. The Bertz CT molecular complexity index is 383. The fourth-order valence-corrected chi connectivity index (χ4v) is 1.11. The molecule has 0 amide bonds. The Balaban J connectivity index is 2.75. The first-order valence-corrected chi connectivity index (χ1v) is 4.61. The number of nitrogen functional groups attached to an aromatic ring is 1. The molecule has 0 radical (unpaired) electrons. The van der Waals surface area contributed by atoms with E-state index in [1.54, 1.807) is 6.07 Å². The Morgan fingerprint density at radius 2 is 2.25 bits per heavy atom. The van der Waals surface area contributed by atoms with Crippen LogP contribution in [0.15, 0.2) is 18.2 Å². The van der Waals surface area contributed by atoms with Gasteiger partial charge in [0.15, 0.2) is 0 Å². The third-order valence-electron chi connectivity index (χ3n) is 1.98. The van der Waals surface area contributed by atoms with Crippen molar-refractivity contribution in [2.45, 2.75) is 6.10 Å². The highest BCUT2D eigenvalue weighted by molar-refractivity contribution is 5.65. The molecule has 0 aliphatic rings. The van der Waals surface area contributed by atoms with Crippen LogP contribution >= 0.6 is 0 Å². The Hall–Kier alpha value is -1.86. The number of benzene rings is 1. The van der Waals surface area contributed by atoms with Crippen LogP contribution in [0.5, 0.6) is 0 Å². The maximum absolute atomic E-state index is 10.6. The minimum absolute atomic E-state index is 0.0817. The molecule has 0 heterocycles. The molecule has 88 valence electrons. The van der Waals surface area contributed by atoms with E-state index in [0.717, 1.165) is 0 Å². The zero-order chi connectivity index (χ0) is 12.1. The number of nitro benzene ring substituents is 1. The van der Waals surface area contributed by atoms with Gasteiger partial charge in [0, 0.05) is 18.3 Å². The number of nitrogens with two attached hydrogens (primary N) is 1. The molecule has 0 aromatic heterocycles. The molecule has 0 fully saturated rings. The highest BCUT2D eigenvalue weighted by Gasteiger charge is 2.12. The quantitative estimate of drug-likeness (QED) is 0.317. The van der Waals surface area contributed by atoms with Crippen LogP contribution in [0.3, 0.4) is 0 Å². The van der Waals surface area contributed by atoms with Gasteiger partial charge in [-0.3, -0.25) is 10.1 Å². The summed E-state index contributed by atoms with van der Waals surface area (Å²) in [4.78, 5) is 10.00. The van der Waals surface area contributed by atoms with E-state index in [0.29, 0.717) is 5.69 Å². The average Bonchev–Trinajstić information content (AvgIpc) is 2.27. The van der Waals surface area contributed by atoms with Crippen LogP contribution in [0.25, 0.3) is 0 Å². The van der Waals surface area contributed by atoms with Gasteiger partial charge in [-0.05, 0) is 12.1 Å². The number of hydrogen-bond acceptors (Lipinski definition) is 6. The lowest BCUT2D eigenvalue weighted by Gasteiger charge is -2.10. The summed E-state index contributed by atoms with van der Waals surface area (Å²) in [5.74, 6) is 0. The molecule has 1 unspecified atom stereocenters. The molecule has 0 spiro atoms. The van der Waals surface area contributed by atoms with Gasteiger partial charge < -0.3 is 21.3 Å². The molecule has 1 aromatic rings. The molecule has 0 aliphatic carbocycles. The van der Waals surface area contributed by atoms with Gasteiger partial charge in [0.25, 0.3) is 5.69 Å². The third kappa shape index (κ3) is 3.07. The summed E-state index contributed by atoms with van der Waals surface area (Å²) in [6, 6.07) is 4.25. The van der Waals surface area contributed by atoms with Crippen LogP contribution in [0.4, 0.5) is 17.1 Å². The molecule has 7 nitrogen and oxygen atoms in total. The first-order valence-electron chi connectivity index (χ1n) is 4.61. The molecule has 1 aromatic carbocycles. The number of rotatable bonds is 5. The Morgan fingerprint density at radius 3 is 2.81 bits per heavy atom. The third-order valence-corrected chi connectivity index (χ3v) is 1.98. The van der Waals surface area contributed by atoms with Crippen molar-refractivity contribution in [2.24, 2.45) is 0 Å².